The SMILES string of the molecule is CCC(C)CN(C)C(=O)c1cnc(C)cc1NN. The number of hydrogen-bond donors (Lipinski definition) is 2. The Bertz CT molecular complexity index is 419. The van der Waals surface area contributed by atoms with E-state index in [4.69, 9.17) is 5.84 Å². The zero-order valence-corrected chi connectivity index (χ0v) is 11.5. The Morgan fingerprint density at radius 1 is 1.61 bits per heavy atom. The van der Waals surface area contributed by atoms with E-state index in [0.717, 1.165) is 18.7 Å². The summed E-state index contributed by atoms with van der Waals surface area (Å²) in [6.07, 6.45) is 2.62. The first-order chi connectivity index (χ1) is 8.49. The Hall–Kier alpha value is -1.62. The van der Waals surface area contributed by atoms with Gasteiger partial charge in [0.25, 0.3) is 5.91 Å². The summed E-state index contributed by atoms with van der Waals surface area (Å²) in [5.41, 5.74) is 4.50. The van der Waals surface area contributed by atoms with E-state index in [1.165, 1.54) is 0 Å². The van der Waals surface area contributed by atoms with Crippen molar-refractivity contribution in [1.82, 2.24) is 9.88 Å². The number of nitrogens with one attached hydrogen (secondary N) is 1. The van der Waals surface area contributed by atoms with Crippen LogP contribution in [0.5, 0.6) is 0 Å². The Morgan fingerprint density at radius 2 is 2.28 bits per heavy atom. The number of aryl methyl sites for hydroxylation is 1. The van der Waals surface area contributed by atoms with Crippen LogP contribution in [0.15, 0.2) is 12.3 Å². The van der Waals surface area contributed by atoms with Gasteiger partial charge in [0.15, 0.2) is 0 Å². The predicted octanol–water partition coefficient (Wildman–Crippen LogP) is 1.79. The van der Waals surface area contributed by atoms with Crippen molar-refractivity contribution in [2.75, 3.05) is 19.0 Å². The number of nitrogens with zero attached hydrogens (tertiary/aromatic N) is 2. The number of carbonyl (C=O) groups excluding carboxylic acids is 1. The van der Waals surface area contributed by atoms with Crippen molar-refractivity contribution in [2.45, 2.75) is 27.2 Å². The zero-order chi connectivity index (χ0) is 13.7. The van der Waals surface area contributed by atoms with Gasteiger partial charge in [0.1, 0.15) is 0 Å². The van der Waals surface area contributed by atoms with E-state index in [1.54, 1.807) is 24.2 Å². The van der Waals surface area contributed by atoms with Crippen LogP contribution in [-0.2, 0) is 0 Å². The van der Waals surface area contributed by atoms with Crippen LogP contribution in [0.25, 0.3) is 0 Å². The minimum absolute atomic E-state index is 0.0595. The molecule has 0 spiro atoms. The van der Waals surface area contributed by atoms with Crippen molar-refractivity contribution in [1.29, 1.82) is 0 Å². The number of anilines is 1. The van der Waals surface area contributed by atoms with Crippen molar-refractivity contribution >= 4 is 11.6 Å². The molecular weight excluding hydrogens is 228 g/mol. The molecule has 1 rings (SSSR count). The van der Waals surface area contributed by atoms with Crippen molar-refractivity contribution in [3.8, 4) is 0 Å². The third-order valence-corrected chi connectivity index (χ3v) is 3.06. The minimum Gasteiger partial charge on any atom is -0.341 e. The molecule has 1 amide bonds. The second-order valence-corrected chi connectivity index (χ2v) is 4.71. The molecule has 0 aliphatic rings. The van der Waals surface area contributed by atoms with Crippen LogP contribution in [0.1, 0.15) is 36.3 Å². The highest BCUT2D eigenvalue weighted by Gasteiger charge is 2.17. The lowest BCUT2D eigenvalue weighted by Crippen LogP contribution is -2.32. The largest absolute Gasteiger partial charge is 0.341 e. The number of amides is 1. The van der Waals surface area contributed by atoms with Crippen molar-refractivity contribution in [3.63, 3.8) is 0 Å². The molecule has 0 aliphatic carbocycles. The van der Waals surface area contributed by atoms with Gasteiger partial charge in [-0.2, -0.15) is 0 Å². The molecule has 0 saturated heterocycles. The highest BCUT2D eigenvalue weighted by atomic mass is 16.2. The van der Waals surface area contributed by atoms with Crippen LogP contribution in [0.4, 0.5) is 5.69 Å². The molecular formula is C13H22N4O. The number of hydrogen-bond acceptors (Lipinski definition) is 4. The molecule has 0 fully saturated rings. The molecule has 1 unspecified atom stereocenters. The summed E-state index contributed by atoms with van der Waals surface area (Å²) >= 11 is 0. The van der Waals surface area contributed by atoms with E-state index in [1.807, 2.05) is 6.92 Å². The first kappa shape index (κ1) is 14.4. The molecule has 5 nitrogen and oxygen atoms in total. The number of carbonyl (C=O) groups is 1. The number of hydrazine groups is 1. The van der Waals surface area contributed by atoms with Crippen molar-refractivity contribution in [2.24, 2.45) is 11.8 Å². The summed E-state index contributed by atoms with van der Waals surface area (Å²) in [4.78, 5) is 18.1. The third-order valence-electron chi connectivity index (χ3n) is 3.06. The van der Waals surface area contributed by atoms with Crippen LogP contribution in [0, 0.1) is 12.8 Å². The summed E-state index contributed by atoms with van der Waals surface area (Å²) in [5.74, 6) is 5.86. The van der Waals surface area contributed by atoms with Crippen LogP contribution in [0.3, 0.4) is 0 Å². The Morgan fingerprint density at radius 3 is 2.83 bits per heavy atom. The molecule has 1 heterocycles. The number of nitrogens with two attached hydrogens (primary N) is 1. The summed E-state index contributed by atoms with van der Waals surface area (Å²) in [6.45, 7) is 6.83. The molecule has 0 aliphatic heterocycles. The number of pyridine rings is 1. The molecule has 18 heavy (non-hydrogen) atoms. The lowest BCUT2D eigenvalue weighted by molar-refractivity contribution is 0.0775. The van der Waals surface area contributed by atoms with E-state index in [-0.39, 0.29) is 5.91 Å². The fourth-order valence-electron chi connectivity index (χ4n) is 1.73. The first-order valence-corrected chi connectivity index (χ1v) is 6.18. The first-order valence-electron chi connectivity index (χ1n) is 6.18. The lowest BCUT2D eigenvalue weighted by atomic mass is 10.1. The summed E-state index contributed by atoms with van der Waals surface area (Å²) < 4.78 is 0. The highest BCUT2D eigenvalue weighted by Crippen LogP contribution is 2.17. The molecule has 3 N–H and O–H groups in total. The molecule has 0 saturated carbocycles. The molecule has 5 heteroatoms. The van der Waals surface area contributed by atoms with Gasteiger partial charge in [-0.1, -0.05) is 20.3 Å². The van der Waals surface area contributed by atoms with E-state index in [2.05, 4.69) is 24.3 Å². The van der Waals surface area contributed by atoms with Crippen LogP contribution in [0.2, 0.25) is 0 Å². The van der Waals surface area contributed by atoms with E-state index < -0.39 is 0 Å². The molecule has 0 aromatic carbocycles. The number of nitrogen functional groups attached to an aromatic ring is 1. The monoisotopic (exact) mass is 250 g/mol. The fraction of sp³-hybridized carbons (Fsp3) is 0.538. The average Bonchev–Trinajstić information content (AvgIpc) is 2.37. The molecule has 1 aromatic rings. The Labute approximate surface area is 108 Å². The minimum atomic E-state index is -0.0595. The third kappa shape index (κ3) is 3.43. The van der Waals surface area contributed by atoms with Gasteiger partial charge in [0.05, 0.1) is 11.3 Å². The molecule has 1 atom stereocenters. The van der Waals surface area contributed by atoms with Gasteiger partial charge in [-0.15, -0.1) is 0 Å². The molecule has 100 valence electrons. The van der Waals surface area contributed by atoms with Gasteiger partial charge in [-0.05, 0) is 18.9 Å². The smallest absolute Gasteiger partial charge is 0.257 e. The second-order valence-electron chi connectivity index (χ2n) is 4.71. The lowest BCUT2D eigenvalue weighted by Gasteiger charge is -2.21. The maximum Gasteiger partial charge on any atom is 0.257 e. The normalized spacial score (nSPS) is 12.1. The van der Waals surface area contributed by atoms with Gasteiger partial charge in [0.2, 0.25) is 0 Å². The summed E-state index contributed by atoms with van der Waals surface area (Å²) in [7, 11) is 1.80. The van der Waals surface area contributed by atoms with Crippen LogP contribution in [-0.4, -0.2) is 29.4 Å². The predicted molar refractivity (Wildman–Crippen MR) is 73.2 cm³/mol. The maximum absolute atomic E-state index is 12.3. The summed E-state index contributed by atoms with van der Waals surface area (Å²) in [5, 5.41) is 0. The van der Waals surface area contributed by atoms with Gasteiger partial charge >= 0.3 is 0 Å². The number of aromatic nitrogens is 1. The zero-order valence-electron chi connectivity index (χ0n) is 11.5. The summed E-state index contributed by atoms with van der Waals surface area (Å²) in [6, 6.07) is 1.77. The Balaban J connectivity index is 2.89. The highest BCUT2D eigenvalue weighted by molar-refractivity contribution is 5.99. The number of rotatable bonds is 5. The van der Waals surface area contributed by atoms with E-state index >= 15 is 0 Å². The molecule has 1 aromatic heterocycles. The van der Waals surface area contributed by atoms with Crippen LogP contribution >= 0.6 is 0 Å². The molecule has 0 bridgehead atoms. The average molecular weight is 250 g/mol. The van der Waals surface area contributed by atoms with Gasteiger partial charge in [-0.3, -0.25) is 15.6 Å². The second kappa shape index (κ2) is 6.35. The van der Waals surface area contributed by atoms with E-state index in [0.29, 0.717) is 17.2 Å². The van der Waals surface area contributed by atoms with Gasteiger partial charge in [-0.25, -0.2) is 0 Å². The quantitative estimate of drug-likeness (QED) is 0.617. The Kier molecular flexibility index (Phi) is 5.09. The standard InChI is InChI=1S/C13H22N4O/c1-5-9(2)8-17(4)13(18)11-7-15-10(3)6-12(11)16-14/h6-7,9H,5,8,14H2,1-4H3,(H,15,16). The van der Waals surface area contributed by atoms with Gasteiger partial charge in [0, 0.05) is 25.5 Å². The molecule has 0 radical (unpaired) electrons. The van der Waals surface area contributed by atoms with Crippen molar-refractivity contribution in [3.05, 3.63) is 23.5 Å². The van der Waals surface area contributed by atoms with Crippen molar-refractivity contribution < 1.29 is 4.79 Å². The van der Waals surface area contributed by atoms with E-state index in [9.17, 15) is 4.79 Å². The van der Waals surface area contributed by atoms with Gasteiger partial charge < -0.3 is 10.3 Å². The van der Waals surface area contributed by atoms with Crippen LogP contribution < -0.4 is 11.3 Å². The maximum atomic E-state index is 12.3. The topological polar surface area (TPSA) is 71.2 Å². The fourth-order valence-corrected chi connectivity index (χ4v) is 1.73.